The predicted molar refractivity (Wildman–Crippen MR) is 132 cm³/mol. The van der Waals surface area contributed by atoms with Crippen molar-refractivity contribution in [1.29, 1.82) is 0 Å². The highest BCUT2D eigenvalue weighted by atomic mass is 35.5. The summed E-state index contributed by atoms with van der Waals surface area (Å²) in [4.78, 5) is 15.3. The minimum Gasteiger partial charge on any atom is -0.356 e. The van der Waals surface area contributed by atoms with Gasteiger partial charge in [-0.15, -0.1) is 0 Å². The fourth-order valence-corrected chi connectivity index (χ4v) is 5.55. The number of piperidine rings is 1. The molecule has 0 saturated carbocycles. The molecule has 0 radical (unpaired) electrons. The van der Waals surface area contributed by atoms with E-state index in [1.807, 2.05) is 24.3 Å². The Labute approximate surface area is 205 Å². The highest BCUT2D eigenvalue weighted by Crippen LogP contribution is 2.36. The van der Waals surface area contributed by atoms with Crippen LogP contribution in [-0.2, 0) is 11.2 Å². The molecule has 33 heavy (non-hydrogen) atoms. The number of carbonyl (C=O) groups is 1. The normalized spacial score (nSPS) is 21.9. The molecule has 2 saturated heterocycles. The van der Waals surface area contributed by atoms with Crippen LogP contribution in [0.3, 0.4) is 0 Å². The van der Waals surface area contributed by atoms with Gasteiger partial charge in [-0.05, 0) is 80.6 Å². The third-order valence-corrected chi connectivity index (χ3v) is 7.86. The van der Waals surface area contributed by atoms with Gasteiger partial charge in [-0.3, -0.25) is 4.79 Å². The van der Waals surface area contributed by atoms with Crippen LogP contribution in [0, 0.1) is 17.7 Å². The third kappa shape index (κ3) is 6.48. The van der Waals surface area contributed by atoms with Crippen molar-refractivity contribution < 1.29 is 9.18 Å². The lowest BCUT2D eigenvalue weighted by Gasteiger charge is -2.32. The van der Waals surface area contributed by atoms with E-state index >= 15 is 0 Å². The molecule has 4 rings (SSSR count). The highest BCUT2D eigenvalue weighted by Gasteiger charge is 2.35. The highest BCUT2D eigenvalue weighted by molar-refractivity contribution is 6.42. The number of hydrogen-bond donors (Lipinski definition) is 2. The molecule has 2 aromatic rings. The van der Waals surface area contributed by atoms with Gasteiger partial charge in [-0.2, -0.15) is 0 Å². The van der Waals surface area contributed by atoms with Crippen LogP contribution in [0.4, 0.5) is 4.39 Å². The average molecular weight is 492 g/mol. The van der Waals surface area contributed by atoms with Crippen LogP contribution in [0.2, 0.25) is 10.0 Å². The number of amides is 1. The second kappa shape index (κ2) is 11.7. The summed E-state index contributed by atoms with van der Waals surface area (Å²) in [5.41, 5.74) is 2.16. The predicted octanol–water partition coefficient (Wildman–Crippen LogP) is 4.90. The topological polar surface area (TPSA) is 44.4 Å². The zero-order chi connectivity index (χ0) is 23.2. The second-order valence-electron chi connectivity index (χ2n) is 9.27. The summed E-state index contributed by atoms with van der Waals surface area (Å²) in [6.45, 7) is 5.23. The van der Waals surface area contributed by atoms with E-state index in [-0.39, 0.29) is 23.6 Å². The van der Waals surface area contributed by atoms with E-state index in [0.717, 1.165) is 44.6 Å². The molecular weight excluding hydrogens is 460 g/mol. The smallest absolute Gasteiger partial charge is 0.225 e. The van der Waals surface area contributed by atoms with Crippen molar-refractivity contribution in [2.75, 3.05) is 39.3 Å². The summed E-state index contributed by atoms with van der Waals surface area (Å²) in [5, 5.41) is 7.54. The number of rotatable bonds is 8. The molecule has 4 nitrogen and oxygen atoms in total. The van der Waals surface area contributed by atoms with Crippen LogP contribution in [0.5, 0.6) is 0 Å². The largest absolute Gasteiger partial charge is 0.356 e. The molecule has 0 aromatic heterocycles. The number of nitrogens with zero attached hydrogens (tertiary/aromatic N) is 1. The van der Waals surface area contributed by atoms with E-state index in [0.29, 0.717) is 29.1 Å². The number of hydrogen-bond acceptors (Lipinski definition) is 3. The Morgan fingerprint density at radius 2 is 1.85 bits per heavy atom. The van der Waals surface area contributed by atoms with E-state index in [4.69, 9.17) is 23.2 Å². The van der Waals surface area contributed by atoms with E-state index < -0.39 is 0 Å². The van der Waals surface area contributed by atoms with Crippen LogP contribution < -0.4 is 10.6 Å². The molecule has 7 heteroatoms. The first-order valence-corrected chi connectivity index (χ1v) is 12.7. The van der Waals surface area contributed by atoms with Gasteiger partial charge in [0.15, 0.2) is 0 Å². The van der Waals surface area contributed by atoms with Gasteiger partial charge < -0.3 is 15.5 Å². The molecule has 2 atom stereocenters. The molecule has 0 aliphatic carbocycles. The van der Waals surface area contributed by atoms with Crippen molar-refractivity contribution in [2.24, 2.45) is 11.8 Å². The minimum absolute atomic E-state index is 0.0383. The first kappa shape index (κ1) is 24.5. The summed E-state index contributed by atoms with van der Waals surface area (Å²) in [6, 6.07) is 12.5. The summed E-state index contributed by atoms with van der Waals surface area (Å²) in [6.07, 6.45) is 4.30. The first-order chi connectivity index (χ1) is 16.0. The number of carbonyl (C=O) groups excluding carboxylic acids is 1. The fraction of sp³-hybridized carbons (Fsp3) is 0.500. The lowest BCUT2D eigenvalue weighted by atomic mass is 9.88. The molecule has 2 N–H and O–H groups in total. The molecule has 0 spiro atoms. The monoisotopic (exact) mass is 491 g/mol. The van der Waals surface area contributed by atoms with Gasteiger partial charge in [0.1, 0.15) is 5.82 Å². The van der Waals surface area contributed by atoms with Crippen molar-refractivity contribution in [1.82, 2.24) is 15.5 Å². The molecule has 1 amide bonds. The molecule has 0 bridgehead atoms. The van der Waals surface area contributed by atoms with Crippen molar-refractivity contribution >= 4 is 29.1 Å². The van der Waals surface area contributed by atoms with Gasteiger partial charge in [0.05, 0.1) is 16.0 Å². The van der Waals surface area contributed by atoms with Crippen LogP contribution in [0.1, 0.15) is 36.3 Å². The second-order valence-corrected chi connectivity index (χ2v) is 10.1. The third-order valence-electron chi connectivity index (χ3n) is 7.03. The Kier molecular flexibility index (Phi) is 8.64. The van der Waals surface area contributed by atoms with Crippen molar-refractivity contribution in [2.45, 2.75) is 31.6 Å². The van der Waals surface area contributed by atoms with E-state index in [9.17, 15) is 9.18 Å². The van der Waals surface area contributed by atoms with E-state index in [2.05, 4.69) is 15.5 Å². The molecule has 2 aliphatic heterocycles. The van der Waals surface area contributed by atoms with Gasteiger partial charge >= 0.3 is 0 Å². The zero-order valence-corrected chi connectivity index (χ0v) is 20.3. The molecule has 2 aromatic carbocycles. The maximum atomic E-state index is 13.1. The summed E-state index contributed by atoms with van der Waals surface area (Å²) in [7, 11) is 0. The van der Waals surface area contributed by atoms with Crippen LogP contribution in [0.25, 0.3) is 0 Å². The summed E-state index contributed by atoms with van der Waals surface area (Å²) in [5.74, 6) is 0.476. The van der Waals surface area contributed by atoms with Gasteiger partial charge in [0, 0.05) is 25.6 Å². The summed E-state index contributed by atoms with van der Waals surface area (Å²) >= 11 is 12.6. The van der Waals surface area contributed by atoms with Crippen molar-refractivity contribution in [3.8, 4) is 0 Å². The Balaban J connectivity index is 1.16. The molecule has 2 fully saturated rings. The Morgan fingerprint density at radius 3 is 2.61 bits per heavy atom. The number of likely N-dealkylation sites (tertiary alicyclic amines) is 1. The quantitative estimate of drug-likeness (QED) is 0.516. The molecule has 2 heterocycles. The summed E-state index contributed by atoms with van der Waals surface area (Å²) < 4.78 is 13.1. The number of benzene rings is 2. The minimum atomic E-state index is -0.173. The SMILES string of the molecule is O=C(NCCCN1CCC(Cc2ccc(F)cc2)CC1)C1CNCC1c1cccc(Cl)c1Cl. The van der Waals surface area contributed by atoms with Gasteiger partial charge in [0.2, 0.25) is 5.91 Å². The van der Waals surface area contributed by atoms with Gasteiger partial charge in [-0.1, -0.05) is 47.5 Å². The average Bonchev–Trinajstić information content (AvgIpc) is 3.31. The molecule has 2 aliphatic rings. The van der Waals surface area contributed by atoms with E-state index in [1.54, 1.807) is 18.2 Å². The van der Waals surface area contributed by atoms with Crippen molar-refractivity contribution in [3.05, 3.63) is 69.5 Å². The Morgan fingerprint density at radius 1 is 1.09 bits per heavy atom. The lowest BCUT2D eigenvalue weighted by molar-refractivity contribution is -0.124. The molecule has 2 unspecified atom stereocenters. The zero-order valence-electron chi connectivity index (χ0n) is 18.8. The van der Waals surface area contributed by atoms with Gasteiger partial charge in [0.25, 0.3) is 0 Å². The van der Waals surface area contributed by atoms with Gasteiger partial charge in [-0.25, -0.2) is 4.39 Å². The molecular formula is C26H32Cl2FN3O. The standard InChI is InChI=1S/C26H32Cl2FN3O/c27-24-4-1-3-21(25(24)28)22-16-30-17-23(22)26(33)31-11-2-12-32-13-9-19(10-14-32)15-18-5-7-20(29)8-6-18/h1,3-8,19,22-23,30H,2,9-17H2,(H,31,33). The first-order valence-electron chi connectivity index (χ1n) is 11.9. The van der Waals surface area contributed by atoms with Crippen LogP contribution in [0.15, 0.2) is 42.5 Å². The van der Waals surface area contributed by atoms with E-state index in [1.165, 1.54) is 18.4 Å². The lowest BCUT2D eigenvalue weighted by Crippen LogP contribution is -2.38. The van der Waals surface area contributed by atoms with Crippen LogP contribution in [-0.4, -0.2) is 50.1 Å². The number of halogens is 3. The Bertz CT molecular complexity index is 932. The van der Waals surface area contributed by atoms with Crippen LogP contribution >= 0.6 is 23.2 Å². The molecule has 178 valence electrons. The maximum absolute atomic E-state index is 13.1. The fourth-order valence-electron chi connectivity index (χ4n) is 5.10. The Hall–Kier alpha value is -1.66. The van der Waals surface area contributed by atoms with Crippen molar-refractivity contribution in [3.63, 3.8) is 0 Å². The maximum Gasteiger partial charge on any atom is 0.225 e. The number of nitrogens with one attached hydrogen (secondary N) is 2.